The third-order valence-electron chi connectivity index (χ3n) is 5.66. The van der Waals surface area contributed by atoms with Crippen molar-refractivity contribution in [2.45, 2.75) is 32.2 Å². The van der Waals surface area contributed by atoms with E-state index in [4.69, 9.17) is 0 Å². The van der Waals surface area contributed by atoms with Gasteiger partial charge in [-0.25, -0.2) is 0 Å². The van der Waals surface area contributed by atoms with Gasteiger partial charge < -0.3 is 0 Å². The molecule has 0 radical (unpaired) electrons. The maximum atomic E-state index is 3.99. The van der Waals surface area contributed by atoms with Gasteiger partial charge in [0.25, 0.3) is 0 Å². The standard InChI is InChI=1S/C12H12Br4/c13-11(14)7-5-9-3-1-2-4-10(9,6-8(7)11)12(9,15)16/h1-2,7-8H,3-6H2/t7-,8+,9-,10-/m1/s1. The summed E-state index contributed by atoms with van der Waals surface area (Å²) < 4.78 is 0.459. The van der Waals surface area contributed by atoms with E-state index in [9.17, 15) is 0 Å². The Kier molecular flexibility index (Phi) is 2.07. The molecule has 4 aliphatic rings. The summed E-state index contributed by atoms with van der Waals surface area (Å²) in [7, 11) is 0. The predicted molar refractivity (Wildman–Crippen MR) is 80.6 cm³/mol. The molecule has 0 spiro atoms. The van der Waals surface area contributed by atoms with E-state index < -0.39 is 0 Å². The highest BCUT2D eigenvalue weighted by Gasteiger charge is 2.90. The van der Waals surface area contributed by atoms with Crippen LogP contribution in [0.4, 0.5) is 0 Å². The van der Waals surface area contributed by atoms with E-state index in [1.807, 2.05) is 0 Å². The van der Waals surface area contributed by atoms with Crippen molar-refractivity contribution in [3.63, 3.8) is 0 Å². The second kappa shape index (κ2) is 2.88. The molecular formula is C12H12Br4. The predicted octanol–water partition coefficient (Wildman–Crippen LogP) is 5.33. The molecule has 0 bridgehead atoms. The minimum atomic E-state index is 0.201. The molecule has 4 rings (SSSR count). The molecule has 3 saturated carbocycles. The van der Waals surface area contributed by atoms with E-state index in [0.717, 1.165) is 11.8 Å². The summed E-state index contributed by atoms with van der Waals surface area (Å²) in [5, 5.41) is 0. The lowest BCUT2D eigenvalue weighted by Crippen LogP contribution is -2.22. The number of allylic oxidation sites excluding steroid dienone is 2. The molecule has 0 aromatic rings. The van der Waals surface area contributed by atoms with Crippen LogP contribution in [0.5, 0.6) is 0 Å². The summed E-state index contributed by atoms with van der Waals surface area (Å²) in [6, 6.07) is 0. The number of halogens is 4. The van der Waals surface area contributed by atoms with Gasteiger partial charge in [0.1, 0.15) is 0 Å². The molecule has 0 unspecified atom stereocenters. The Bertz CT molecular complexity index is 379. The molecule has 0 aromatic carbocycles. The van der Waals surface area contributed by atoms with Crippen LogP contribution >= 0.6 is 63.7 Å². The van der Waals surface area contributed by atoms with Gasteiger partial charge in [0.15, 0.2) is 0 Å². The summed E-state index contributed by atoms with van der Waals surface area (Å²) in [6.07, 6.45) is 9.93. The number of hydrogen-bond acceptors (Lipinski definition) is 0. The summed E-state index contributed by atoms with van der Waals surface area (Å²) in [4.78, 5) is 0. The maximum absolute atomic E-state index is 3.99. The molecule has 0 aliphatic heterocycles. The lowest BCUT2D eigenvalue weighted by molar-refractivity contribution is 0.221. The third kappa shape index (κ3) is 0.946. The molecule has 0 nitrogen and oxygen atoms in total. The Morgan fingerprint density at radius 1 is 0.812 bits per heavy atom. The molecule has 16 heavy (non-hydrogen) atoms. The fraction of sp³-hybridized carbons (Fsp3) is 0.833. The third-order valence-corrected chi connectivity index (χ3v) is 11.0. The first kappa shape index (κ1) is 11.5. The van der Waals surface area contributed by atoms with Gasteiger partial charge in [-0.15, -0.1) is 0 Å². The smallest absolute Gasteiger partial charge is 0.0879 e. The molecule has 0 amide bonds. The molecule has 4 atom stereocenters. The minimum Gasteiger partial charge on any atom is -0.0879 e. The fourth-order valence-electron chi connectivity index (χ4n) is 4.54. The fourth-order valence-corrected chi connectivity index (χ4v) is 8.81. The number of rotatable bonds is 0. The molecule has 0 aromatic heterocycles. The van der Waals surface area contributed by atoms with Crippen LogP contribution in [0.3, 0.4) is 0 Å². The molecule has 4 aliphatic carbocycles. The van der Waals surface area contributed by atoms with Crippen molar-refractivity contribution in [2.75, 3.05) is 0 Å². The van der Waals surface area contributed by atoms with E-state index in [2.05, 4.69) is 75.9 Å². The van der Waals surface area contributed by atoms with Gasteiger partial charge in [0.05, 0.1) is 6.47 Å². The molecule has 0 heterocycles. The summed E-state index contributed by atoms with van der Waals surface area (Å²) in [5.41, 5.74) is 0.943. The minimum absolute atomic E-state index is 0.201. The zero-order valence-corrected chi connectivity index (χ0v) is 15.0. The van der Waals surface area contributed by atoms with Crippen molar-refractivity contribution in [2.24, 2.45) is 22.7 Å². The molecule has 4 heteroatoms. The highest BCUT2D eigenvalue weighted by Crippen LogP contribution is 2.93. The van der Waals surface area contributed by atoms with Gasteiger partial charge in [0.2, 0.25) is 0 Å². The average molecular weight is 476 g/mol. The van der Waals surface area contributed by atoms with Crippen molar-refractivity contribution in [3.8, 4) is 0 Å². The van der Waals surface area contributed by atoms with Crippen LogP contribution in [0.25, 0.3) is 0 Å². The molecule has 3 fully saturated rings. The zero-order valence-electron chi connectivity index (χ0n) is 8.65. The first-order chi connectivity index (χ1) is 7.39. The van der Waals surface area contributed by atoms with Crippen LogP contribution < -0.4 is 0 Å². The summed E-state index contributed by atoms with van der Waals surface area (Å²) in [6.45, 7) is 0. The van der Waals surface area contributed by atoms with Crippen molar-refractivity contribution in [3.05, 3.63) is 12.2 Å². The Morgan fingerprint density at radius 3 is 1.69 bits per heavy atom. The van der Waals surface area contributed by atoms with Crippen LogP contribution in [0.1, 0.15) is 25.7 Å². The molecule has 0 saturated heterocycles. The van der Waals surface area contributed by atoms with E-state index in [1.54, 1.807) is 0 Å². The largest absolute Gasteiger partial charge is 0.0935 e. The Labute approximate surface area is 130 Å². The average Bonchev–Trinajstić information content (AvgIpc) is 2.93. The zero-order chi connectivity index (χ0) is 11.4. The highest BCUT2D eigenvalue weighted by molar-refractivity contribution is 9.26. The Balaban J connectivity index is 1.78. The van der Waals surface area contributed by atoms with Gasteiger partial charge in [-0.1, -0.05) is 75.9 Å². The van der Waals surface area contributed by atoms with E-state index in [-0.39, 0.29) is 6.47 Å². The van der Waals surface area contributed by atoms with Crippen LogP contribution in [-0.4, -0.2) is 6.47 Å². The van der Waals surface area contributed by atoms with Crippen LogP contribution in [0.15, 0.2) is 12.2 Å². The Hall–Kier alpha value is 1.66. The van der Waals surface area contributed by atoms with Crippen LogP contribution in [0.2, 0.25) is 0 Å². The molecule has 0 N–H and O–H groups in total. The van der Waals surface area contributed by atoms with Gasteiger partial charge in [0, 0.05) is 10.8 Å². The summed E-state index contributed by atoms with van der Waals surface area (Å²) in [5.74, 6) is 1.65. The Morgan fingerprint density at radius 2 is 1.25 bits per heavy atom. The van der Waals surface area contributed by atoms with E-state index in [0.29, 0.717) is 10.8 Å². The maximum Gasteiger partial charge on any atom is 0.0935 e. The highest BCUT2D eigenvalue weighted by atomic mass is 79.9. The lowest BCUT2D eigenvalue weighted by atomic mass is 9.73. The van der Waals surface area contributed by atoms with Crippen LogP contribution in [-0.2, 0) is 0 Å². The van der Waals surface area contributed by atoms with Crippen molar-refractivity contribution < 1.29 is 0 Å². The van der Waals surface area contributed by atoms with Crippen molar-refractivity contribution in [1.82, 2.24) is 0 Å². The lowest BCUT2D eigenvalue weighted by Gasteiger charge is -2.29. The summed E-state index contributed by atoms with van der Waals surface area (Å²) >= 11 is 15.7. The first-order valence-electron chi connectivity index (χ1n) is 5.80. The van der Waals surface area contributed by atoms with E-state index in [1.165, 1.54) is 25.7 Å². The number of fused-ring (bicyclic) bond motifs is 1. The van der Waals surface area contributed by atoms with Gasteiger partial charge in [-0.2, -0.15) is 0 Å². The SMILES string of the molecule is BrC1(Br)[C@@H]2C[C@]34CC=CC[C@]3(C[C@@H]21)C4(Br)Br. The first-order valence-corrected chi connectivity index (χ1v) is 8.97. The van der Waals surface area contributed by atoms with Crippen molar-refractivity contribution >= 4 is 63.7 Å². The quantitative estimate of drug-likeness (QED) is 0.328. The second-order valence-corrected chi connectivity index (χ2v) is 13.0. The van der Waals surface area contributed by atoms with Gasteiger partial charge in [-0.05, 0) is 37.5 Å². The molecular weight excluding hydrogens is 464 g/mol. The topological polar surface area (TPSA) is 0 Å². The van der Waals surface area contributed by atoms with Gasteiger partial charge in [-0.3, -0.25) is 0 Å². The molecule has 88 valence electrons. The normalized spacial score (nSPS) is 58.2. The van der Waals surface area contributed by atoms with Crippen molar-refractivity contribution in [1.29, 1.82) is 0 Å². The number of hydrogen-bond donors (Lipinski definition) is 0. The second-order valence-electron chi connectivity index (χ2n) is 5.91. The van der Waals surface area contributed by atoms with Gasteiger partial charge >= 0.3 is 0 Å². The monoisotopic (exact) mass is 472 g/mol. The van der Waals surface area contributed by atoms with E-state index >= 15 is 0 Å². The number of alkyl halides is 4. The van der Waals surface area contributed by atoms with Crippen LogP contribution in [0, 0.1) is 22.7 Å².